The lowest BCUT2D eigenvalue weighted by molar-refractivity contribution is 0.0976. The van der Waals surface area contributed by atoms with Crippen LogP contribution < -0.4 is 20.1 Å². The van der Waals surface area contributed by atoms with Crippen molar-refractivity contribution in [3.8, 4) is 11.5 Å². The molecular weight excluding hydrogens is 388 g/mol. The van der Waals surface area contributed by atoms with E-state index in [2.05, 4.69) is 17.6 Å². The molecule has 7 heteroatoms. The third kappa shape index (κ3) is 8.50. The first-order chi connectivity index (χ1) is 14.1. The summed E-state index contributed by atoms with van der Waals surface area (Å²) in [6.07, 6.45) is 2.12. The number of nitrogens with one attached hydrogen (secondary N) is 2. The van der Waals surface area contributed by atoms with Crippen molar-refractivity contribution in [3.63, 3.8) is 0 Å². The minimum Gasteiger partial charge on any atom is -0.494 e. The topological polar surface area (TPSA) is 68.8 Å². The molecule has 0 spiro atoms. The van der Waals surface area contributed by atoms with Crippen molar-refractivity contribution >= 4 is 28.9 Å². The number of benzene rings is 2. The molecule has 0 aliphatic rings. The Morgan fingerprint density at radius 1 is 0.966 bits per heavy atom. The van der Waals surface area contributed by atoms with E-state index in [-0.39, 0.29) is 11.0 Å². The smallest absolute Gasteiger partial charge is 0.257 e. The zero-order valence-electron chi connectivity index (χ0n) is 16.9. The fraction of sp³-hybridized carbons (Fsp3) is 0.364. The molecule has 0 aromatic heterocycles. The molecule has 0 bridgehead atoms. The molecule has 0 aliphatic carbocycles. The van der Waals surface area contributed by atoms with Crippen molar-refractivity contribution in [2.45, 2.75) is 26.7 Å². The molecule has 0 heterocycles. The van der Waals surface area contributed by atoms with Crippen molar-refractivity contribution < 1.29 is 19.0 Å². The number of carbonyl (C=O) groups excluding carboxylic acids is 1. The average Bonchev–Trinajstić information content (AvgIpc) is 2.73. The highest BCUT2D eigenvalue weighted by molar-refractivity contribution is 7.80. The molecule has 0 saturated heterocycles. The average molecular weight is 417 g/mol. The summed E-state index contributed by atoms with van der Waals surface area (Å²) in [7, 11) is 0. The normalized spacial score (nSPS) is 10.3. The molecule has 0 unspecified atom stereocenters. The Morgan fingerprint density at radius 2 is 1.72 bits per heavy atom. The summed E-state index contributed by atoms with van der Waals surface area (Å²) in [6.45, 7) is 6.33. The molecule has 0 atom stereocenters. The second kappa shape index (κ2) is 12.7. The standard InChI is InChI=1S/C22H28N2O4S/c1-3-5-13-27-19-11-9-18(10-12-19)23-22(29)24-21(25)17-7-6-8-20(16-17)28-15-14-26-4-2/h6-12,16H,3-5,13-15H2,1-2H3,(H2,23,24,25,29). The van der Waals surface area contributed by atoms with Crippen LogP contribution in [0, 0.1) is 0 Å². The molecule has 0 fully saturated rings. The molecule has 0 aliphatic heterocycles. The lowest BCUT2D eigenvalue weighted by Gasteiger charge is -2.11. The number of unbranched alkanes of at least 4 members (excludes halogenated alkanes) is 1. The minimum absolute atomic E-state index is 0.220. The largest absolute Gasteiger partial charge is 0.494 e. The van der Waals surface area contributed by atoms with Gasteiger partial charge in [0.05, 0.1) is 13.2 Å². The van der Waals surface area contributed by atoms with Crippen LogP contribution in [0.3, 0.4) is 0 Å². The lowest BCUT2D eigenvalue weighted by Crippen LogP contribution is -2.34. The van der Waals surface area contributed by atoms with Gasteiger partial charge in [-0.1, -0.05) is 19.4 Å². The SMILES string of the molecule is CCCCOc1ccc(NC(=S)NC(=O)c2cccc(OCCOCC)c2)cc1. The molecule has 29 heavy (non-hydrogen) atoms. The molecule has 0 saturated carbocycles. The first kappa shape index (κ1) is 22.6. The van der Waals surface area contributed by atoms with Gasteiger partial charge in [0.15, 0.2) is 5.11 Å². The number of hydrogen-bond acceptors (Lipinski definition) is 5. The van der Waals surface area contributed by atoms with E-state index in [1.165, 1.54) is 0 Å². The summed E-state index contributed by atoms with van der Waals surface area (Å²) < 4.78 is 16.4. The molecule has 2 N–H and O–H groups in total. The van der Waals surface area contributed by atoms with Crippen molar-refractivity contribution in [2.24, 2.45) is 0 Å². The first-order valence-corrected chi connectivity index (χ1v) is 10.2. The van der Waals surface area contributed by atoms with E-state index in [0.29, 0.717) is 37.7 Å². The molecule has 2 rings (SSSR count). The Bertz CT molecular complexity index is 781. The highest BCUT2D eigenvalue weighted by atomic mass is 32.1. The maximum Gasteiger partial charge on any atom is 0.257 e. The fourth-order valence-corrected chi connectivity index (χ4v) is 2.61. The summed E-state index contributed by atoms with van der Waals surface area (Å²) in [5.41, 5.74) is 1.23. The monoisotopic (exact) mass is 416 g/mol. The van der Waals surface area contributed by atoms with E-state index in [0.717, 1.165) is 24.3 Å². The van der Waals surface area contributed by atoms with Crippen LogP contribution in [0.5, 0.6) is 11.5 Å². The predicted molar refractivity (Wildman–Crippen MR) is 119 cm³/mol. The highest BCUT2D eigenvalue weighted by Crippen LogP contribution is 2.16. The first-order valence-electron chi connectivity index (χ1n) is 9.78. The Hall–Kier alpha value is -2.64. The number of ether oxygens (including phenoxy) is 3. The van der Waals surface area contributed by atoms with Gasteiger partial charge in [-0.05, 0) is 68.0 Å². The Labute approximate surface area is 177 Å². The van der Waals surface area contributed by atoms with E-state index in [9.17, 15) is 4.79 Å². The van der Waals surface area contributed by atoms with E-state index in [1.807, 2.05) is 31.2 Å². The van der Waals surface area contributed by atoms with Crippen molar-refractivity contribution in [1.82, 2.24) is 5.32 Å². The molecule has 6 nitrogen and oxygen atoms in total. The second-order valence-electron chi connectivity index (χ2n) is 6.21. The predicted octanol–water partition coefficient (Wildman–Crippen LogP) is 4.41. The number of rotatable bonds is 11. The Kier molecular flexibility index (Phi) is 9.95. The zero-order chi connectivity index (χ0) is 20.9. The van der Waals surface area contributed by atoms with Gasteiger partial charge in [-0.15, -0.1) is 0 Å². The maximum absolute atomic E-state index is 12.4. The molecule has 0 radical (unpaired) electrons. The van der Waals surface area contributed by atoms with Crippen LogP contribution in [0.4, 0.5) is 5.69 Å². The second-order valence-corrected chi connectivity index (χ2v) is 6.62. The van der Waals surface area contributed by atoms with Crippen LogP contribution in [-0.2, 0) is 4.74 Å². The highest BCUT2D eigenvalue weighted by Gasteiger charge is 2.09. The number of thiocarbonyl (C=S) groups is 1. The van der Waals surface area contributed by atoms with Crippen LogP contribution in [-0.4, -0.2) is 37.4 Å². The van der Waals surface area contributed by atoms with E-state index < -0.39 is 0 Å². The van der Waals surface area contributed by atoms with Gasteiger partial charge in [0.1, 0.15) is 18.1 Å². The van der Waals surface area contributed by atoms with Crippen LogP contribution in [0.1, 0.15) is 37.0 Å². The van der Waals surface area contributed by atoms with Gasteiger partial charge in [-0.2, -0.15) is 0 Å². The Balaban J connectivity index is 1.83. The zero-order valence-corrected chi connectivity index (χ0v) is 17.7. The quantitative estimate of drug-likeness (QED) is 0.418. The van der Waals surface area contributed by atoms with E-state index in [1.54, 1.807) is 24.3 Å². The Morgan fingerprint density at radius 3 is 2.45 bits per heavy atom. The molecule has 156 valence electrons. The molecular formula is C22H28N2O4S. The van der Waals surface area contributed by atoms with Gasteiger partial charge < -0.3 is 19.5 Å². The molecule has 2 aromatic carbocycles. The van der Waals surface area contributed by atoms with Gasteiger partial charge in [0.25, 0.3) is 5.91 Å². The number of carbonyl (C=O) groups is 1. The van der Waals surface area contributed by atoms with Gasteiger partial charge in [-0.3, -0.25) is 10.1 Å². The summed E-state index contributed by atoms with van der Waals surface area (Å²) in [5.74, 6) is 1.10. The van der Waals surface area contributed by atoms with Crippen molar-refractivity contribution in [2.75, 3.05) is 31.7 Å². The molecule has 2 aromatic rings. The van der Waals surface area contributed by atoms with Crippen LogP contribution in [0.2, 0.25) is 0 Å². The van der Waals surface area contributed by atoms with Crippen molar-refractivity contribution in [1.29, 1.82) is 0 Å². The van der Waals surface area contributed by atoms with Gasteiger partial charge in [0.2, 0.25) is 0 Å². The number of anilines is 1. The number of hydrogen-bond donors (Lipinski definition) is 2. The van der Waals surface area contributed by atoms with Crippen LogP contribution in [0.25, 0.3) is 0 Å². The van der Waals surface area contributed by atoms with Gasteiger partial charge >= 0.3 is 0 Å². The number of amides is 1. The van der Waals surface area contributed by atoms with Crippen LogP contribution in [0.15, 0.2) is 48.5 Å². The summed E-state index contributed by atoms with van der Waals surface area (Å²) in [5, 5.41) is 5.89. The van der Waals surface area contributed by atoms with E-state index >= 15 is 0 Å². The van der Waals surface area contributed by atoms with Crippen molar-refractivity contribution in [3.05, 3.63) is 54.1 Å². The summed E-state index contributed by atoms with van der Waals surface area (Å²) in [6, 6.07) is 14.4. The van der Waals surface area contributed by atoms with Gasteiger partial charge in [0, 0.05) is 17.9 Å². The fourth-order valence-electron chi connectivity index (χ4n) is 2.40. The third-order valence-corrected chi connectivity index (χ3v) is 4.11. The van der Waals surface area contributed by atoms with E-state index in [4.69, 9.17) is 26.4 Å². The lowest BCUT2D eigenvalue weighted by atomic mass is 10.2. The maximum atomic E-state index is 12.4. The summed E-state index contributed by atoms with van der Waals surface area (Å²) in [4.78, 5) is 12.4. The minimum atomic E-state index is -0.308. The molecule has 1 amide bonds. The van der Waals surface area contributed by atoms with Gasteiger partial charge in [-0.25, -0.2) is 0 Å². The third-order valence-electron chi connectivity index (χ3n) is 3.90. The van der Waals surface area contributed by atoms with Crippen LogP contribution >= 0.6 is 12.2 Å². The summed E-state index contributed by atoms with van der Waals surface area (Å²) >= 11 is 5.24.